The Bertz CT molecular complexity index is 1060. The van der Waals surface area contributed by atoms with Crippen LogP contribution in [0.1, 0.15) is 24.0 Å². The second-order valence-corrected chi connectivity index (χ2v) is 9.64. The maximum Gasteiger partial charge on any atom is 0.422 e. The summed E-state index contributed by atoms with van der Waals surface area (Å²) < 4.78 is 68.3. The Morgan fingerprint density at radius 1 is 1.16 bits per heavy atom. The molecule has 0 bridgehead atoms. The van der Waals surface area contributed by atoms with Crippen LogP contribution in [0.4, 0.5) is 18.9 Å². The molecule has 1 saturated heterocycles. The van der Waals surface area contributed by atoms with Crippen LogP contribution < -0.4 is 10.1 Å². The Hall–Kier alpha value is -2.66. The quantitative estimate of drug-likeness (QED) is 0.695. The van der Waals surface area contributed by atoms with Crippen molar-refractivity contribution in [1.29, 1.82) is 0 Å². The molecule has 0 saturated carbocycles. The van der Waals surface area contributed by atoms with Gasteiger partial charge in [0.1, 0.15) is 0 Å². The van der Waals surface area contributed by atoms with Gasteiger partial charge in [0.2, 0.25) is 21.8 Å². The highest BCUT2D eigenvalue weighted by molar-refractivity contribution is 7.89. The number of piperidine rings is 1. The zero-order valence-corrected chi connectivity index (χ0v) is 18.5. The first-order chi connectivity index (χ1) is 15.0. The maximum atomic E-state index is 12.9. The zero-order chi connectivity index (χ0) is 23.5. The van der Waals surface area contributed by atoms with Crippen molar-refractivity contribution in [1.82, 2.24) is 9.29 Å². The molecule has 174 valence electrons. The van der Waals surface area contributed by atoms with Crippen LogP contribution in [0.2, 0.25) is 0 Å². The number of ether oxygens (including phenoxy) is 1. The molecule has 0 radical (unpaired) electrons. The van der Waals surface area contributed by atoms with Gasteiger partial charge in [-0.05, 0) is 56.0 Å². The van der Waals surface area contributed by atoms with Gasteiger partial charge in [-0.3, -0.25) is 4.79 Å². The van der Waals surface area contributed by atoms with E-state index in [4.69, 9.17) is 0 Å². The van der Waals surface area contributed by atoms with E-state index in [2.05, 4.69) is 15.0 Å². The molecule has 1 fully saturated rings. The second kappa shape index (κ2) is 9.45. The molecule has 3 rings (SSSR count). The largest absolute Gasteiger partial charge is 0.468 e. The van der Waals surface area contributed by atoms with Crippen molar-refractivity contribution in [2.45, 2.75) is 37.8 Å². The number of rotatable bonds is 6. The normalized spacial score (nSPS) is 16.0. The maximum absolute atomic E-state index is 12.9. The number of halogens is 3. The summed E-state index contributed by atoms with van der Waals surface area (Å²) in [6, 6.07) is 7.65. The van der Waals surface area contributed by atoms with E-state index in [1.54, 1.807) is 18.2 Å². The molecule has 1 N–H and O–H groups in total. The van der Waals surface area contributed by atoms with Crippen LogP contribution >= 0.6 is 0 Å². The Kier molecular flexibility index (Phi) is 7.09. The lowest BCUT2D eigenvalue weighted by atomic mass is 9.97. The highest BCUT2D eigenvalue weighted by atomic mass is 32.2. The van der Waals surface area contributed by atoms with E-state index in [1.165, 1.54) is 22.6 Å². The fraction of sp³-hybridized carbons (Fsp3) is 0.429. The number of aromatic nitrogens is 1. The molecule has 0 aliphatic carbocycles. The first-order valence-corrected chi connectivity index (χ1v) is 11.4. The number of carbonyl (C=O) groups excluding carboxylic acids is 1. The van der Waals surface area contributed by atoms with Gasteiger partial charge in [-0.1, -0.05) is 6.07 Å². The molecule has 1 aromatic carbocycles. The van der Waals surface area contributed by atoms with Crippen molar-refractivity contribution in [2.24, 2.45) is 5.92 Å². The molecule has 11 heteroatoms. The van der Waals surface area contributed by atoms with Crippen molar-refractivity contribution in [3.63, 3.8) is 0 Å². The lowest BCUT2D eigenvalue weighted by Gasteiger charge is -2.30. The number of pyridine rings is 1. The van der Waals surface area contributed by atoms with Gasteiger partial charge in [-0.25, -0.2) is 13.4 Å². The summed E-state index contributed by atoms with van der Waals surface area (Å²) in [5, 5.41) is 2.66. The van der Waals surface area contributed by atoms with E-state index in [-0.39, 0.29) is 35.7 Å². The van der Waals surface area contributed by atoms with Gasteiger partial charge in [0.15, 0.2) is 6.61 Å². The number of hydrogen-bond donors (Lipinski definition) is 1. The van der Waals surface area contributed by atoms with Crippen LogP contribution in [-0.4, -0.2) is 49.5 Å². The van der Waals surface area contributed by atoms with Gasteiger partial charge >= 0.3 is 6.18 Å². The Morgan fingerprint density at radius 3 is 2.41 bits per heavy atom. The molecule has 1 aliphatic rings. The van der Waals surface area contributed by atoms with Crippen LogP contribution in [-0.2, 0) is 14.8 Å². The van der Waals surface area contributed by atoms with Crippen molar-refractivity contribution < 1.29 is 31.1 Å². The van der Waals surface area contributed by atoms with Crippen molar-refractivity contribution in [2.75, 3.05) is 25.0 Å². The van der Waals surface area contributed by atoms with Gasteiger partial charge in [0.05, 0.1) is 16.8 Å². The first-order valence-electron chi connectivity index (χ1n) is 9.99. The summed E-state index contributed by atoms with van der Waals surface area (Å²) in [6.45, 7) is 2.75. The summed E-state index contributed by atoms with van der Waals surface area (Å²) in [5.41, 5.74) is 2.22. The van der Waals surface area contributed by atoms with Crippen molar-refractivity contribution >= 4 is 21.6 Å². The number of carbonyl (C=O) groups is 1. The average Bonchev–Trinajstić information content (AvgIpc) is 2.74. The zero-order valence-electron chi connectivity index (χ0n) is 17.6. The minimum atomic E-state index is -4.46. The number of anilines is 1. The molecule has 2 aromatic rings. The summed E-state index contributed by atoms with van der Waals surface area (Å²) >= 11 is 0. The number of aryl methyl sites for hydroxylation is 2. The first kappa shape index (κ1) is 24.0. The van der Waals surface area contributed by atoms with Gasteiger partial charge in [0.25, 0.3) is 0 Å². The topological polar surface area (TPSA) is 88.6 Å². The van der Waals surface area contributed by atoms with Crippen LogP contribution in [0, 0.1) is 19.8 Å². The molecule has 0 unspecified atom stereocenters. The van der Waals surface area contributed by atoms with Crippen molar-refractivity contribution in [3.8, 4) is 5.88 Å². The van der Waals surface area contributed by atoms with Crippen LogP contribution in [0.25, 0.3) is 0 Å². The molecule has 7 nitrogen and oxygen atoms in total. The molecular weight excluding hydrogens is 447 g/mol. The lowest BCUT2D eigenvalue weighted by Crippen LogP contribution is -2.41. The molecule has 2 heterocycles. The highest BCUT2D eigenvalue weighted by Gasteiger charge is 2.32. The van der Waals surface area contributed by atoms with Gasteiger partial charge in [0, 0.05) is 25.1 Å². The molecule has 1 aromatic heterocycles. The Balaban J connectivity index is 1.54. The van der Waals surface area contributed by atoms with E-state index in [1.807, 2.05) is 13.8 Å². The summed E-state index contributed by atoms with van der Waals surface area (Å²) in [6.07, 6.45) is -2.54. The SMILES string of the molecule is Cc1ccc(S(=O)(=O)N2CCC(C(=O)Nc3ccc(OCC(F)(F)F)nc3)CC2)cc1C. The number of sulfonamides is 1. The third kappa shape index (κ3) is 5.98. The highest BCUT2D eigenvalue weighted by Crippen LogP contribution is 2.26. The number of nitrogens with zero attached hydrogens (tertiary/aromatic N) is 2. The number of alkyl halides is 3. The minimum Gasteiger partial charge on any atom is -0.468 e. The number of benzene rings is 1. The molecule has 32 heavy (non-hydrogen) atoms. The van der Waals surface area contributed by atoms with Gasteiger partial charge < -0.3 is 10.1 Å². The third-order valence-corrected chi connectivity index (χ3v) is 7.22. The van der Waals surface area contributed by atoms with E-state index in [9.17, 15) is 26.4 Å². The molecule has 0 spiro atoms. The number of amides is 1. The standard InChI is InChI=1S/C21H24F3N3O4S/c1-14-3-5-18(11-15(14)2)32(29,30)27-9-7-16(8-10-27)20(28)26-17-4-6-19(25-12-17)31-13-21(22,23)24/h3-6,11-12,16H,7-10,13H2,1-2H3,(H,26,28). The van der Waals surface area contributed by atoms with E-state index < -0.39 is 22.8 Å². The fourth-order valence-corrected chi connectivity index (χ4v) is 4.88. The molecule has 1 aliphatic heterocycles. The summed E-state index contributed by atoms with van der Waals surface area (Å²) in [4.78, 5) is 16.5. The fourth-order valence-electron chi connectivity index (χ4n) is 3.32. The Labute approximate surface area is 184 Å². The van der Waals surface area contributed by atoms with Crippen molar-refractivity contribution in [3.05, 3.63) is 47.7 Å². The Morgan fingerprint density at radius 2 is 1.84 bits per heavy atom. The lowest BCUT2D eigenvalue weighted by molar-refractivity contribution is -0.154. The smallest absolute Gasteiger partial charge is 0.422 e. The van der Waals surface area contributed by atoms with E-state index in [0.29, 0.717) is 18.5 Å². The number of nitrogens with one attached hydrogen (secondary N) is 1. The monoisotopic (exact) mass is 471 g/mol. The number of hydrogen-bond acceptors (Lipinski definition) is 5. The van der Waals surface area contributed by atoms with Gasteiger partial charge in [-0.15, -0.1) is 0 Å². The van der Waals surface area contributed by atoms with Gasteiger partial charge in [-0.2, -0.15) is 17.5 Å². The third-order valence-electron chi connectivity index (χ3n) is 5.33. The molecular formula is C21H24F3N3O4S. The summed E-state index contributed by atoms with van der Waals surface area (Å²) in [5.74, 6) is -0.883. The second-order valence-electron chi connectivity index (χ2n) is 7.70. The van der Waals surface area contributed by atoms with E-state index in [0.717, 1.165) is 11.1 Å². The molecule has 0 atom stereocenters. The summed E-state index contributed by atoms with van der Waals surface area (Å²) in [7, 11) is -3.63. The minimum absolute atomic E-state index is 0.204. The average molecular weight is 472 g/mol. The van der Waals surface area contributed by atoms with Crippen LogP contribution in [0.5, 0.6) is 5.88 Å². The van der Waals surface area contributed by atoms with Crippen LogP contribution in [0.15, 0.2) is 41.4 Å². The predicted octanol–water partition coefficient (Wildman–Crippen LogP) is 3.68. The van der Waals surface area contributed by atoms with Crippen LogP contribution in [0.3, 0.4) is 0 Å². The predicted molar refractivity (Wildman–Crippen MR) is 112 cm³/mol. The van der Waals surface area contributed by atoms with E-state index >= 15 is 0 Å². The molecule has 1 amide bonds.